The van der Waals surface area contributed by atoms with Gasteiger partial charge in [0.25, 0.3) is 0 Å². The molecule has 0 N–H and O–H groups in total. The lowest BCUT2D eigenvalue weighted by Gasteiger charge is -2.15. The van der Waals surface area contributed by atoms with Gasteiger partial charge in [-0.3, -0.25) is 0 Å². The second kappa shape index (κ2) is 9.58. The molecular weight excluding hydrogens is 163 g/mol. The molecule has 0 heterocycles. The summed E-state index contributed by atoms with van der Waals surface area (Å²) in [6.45, 7) is 4.50. The third-order valence-corrected chi connectivity index (χ3v) is 3.01. The Bertz CT molecular complexity index is 85.9. The molecule has 2 heteroatoms. The first-order chi connectivity index (χ1) is 5.85. The molecule has 0 aliphatic heterocycles. The van der Waals surface area contributed by atoms with Gasteiger partial charge in [-0.25, -0.2) is 0 Å². The Kier molecular flexibility index (Phi) is 9.97. The Morgan fingerprint density at radius 2 is 1.58 bits per heavy atom. The molecule has 1 unspecified atom stereocenters. The fourth-order valence-corrected chi connectivity index (χ4v) is 1.91. The zero-order valence-electron chi connectivity index (χ0n) is 8.94. The summed E-state index contributed by atoms with van der Waals surface area (Å²) in [5, 5.41) is 0. The molecule has 12 heavy (non-hydrogen) atoms. The van der Waals surface area contributed by atoms with Crippen molar-refractivity contribution in [2.24, 2.45) is 0 Å². The largest absolute Gasteiger partial charge is 0.504 e. The second-order valence-electron chi connectivity index (χ2n) is 3.50. The molecule has 72 valence electrons. The monoisotopic (exact) mass is 186 g/mol. The van der Waals surface area contributed by atoms with Crippen LogP contribution in [0.3, 0.4) is 0 Å². The van der Waals surface area contributed by atoms with Crippen LogP contribution >= 0.6 is 0 Å². The van der Waals surface area contributed by atoms with Gasteiger partial charge in [0.2, 0.25) is 0 Å². The highest BCUT2D eigenvalue weighted by atomic mass is 27.1. The fraction of sp³-hybridized carbons (Fsp3) is 1.00. The predicted octanol–water partition coefficient (Wildman–Crippen LogP) is 2.69. The Hall–Kier alpha value is 0.492. The lowest BCUT2D eigenvalue weighted by Crippen LogP contribution is -2.10. The minimum Gasteiger partial charge on any atom is -0.504 e. The highest BCUT2D eigenvalue weighted by Crippen LogP contribution is 2.11. The van der Waals surface area contributed by atoms with Crippen LogP contribution in [0.5, 0.6) is 0 Å². The summed E-state index contributed by atoms with van der Waals surface area (Å²) in [5.41, 5.74) is 0. The van der Waals surface area contributed by atoms with Crippen molar-refractivity contribution in [2.75, 3.05) is 0 Å². The first kappa shape index (κ1) is 12.5. The van der Waals surface area contributed by atoms with Gasteiger partial charge in [0.15, 0.2) is 0 Å². The van der Waals surface area contributed by atoms with E-state index in [4.69, 9.17) is 3.79 Å². The van der Waals surface area contributed by atoms with Gasteiger partial charge in [-0.15, -0.1) is 0 Å². The van der Waals surface area contributed by atoms with Gasteiger partial charge in [-0.05, 0) is 12.8 Å². The Labute approximate surface area is 85.6 Å². The van der Waals surface area contributed by atoms with E-state index in [1.54, 1.807) is 0 Å². The van der Waals surface area contributed by atoms with Crippen molar-refractivity contribution in [2.45, 2.75) is 64.9 Å². The van der Waals surface area contributed by atoms with Crippen molar-refractivity contribution in [1.29, 1.82) is 0 Å². The third-order valence-electron chi connectivity index (χ3n) is 2.34. The molecule has 1 nitrogen and oxygen atoms in total. The lowest BCUT2D eigenvalue weighted by molar-refractivity contribution is 0.190. The normalized spacial score (nSPS) is 13.2. The summed E-state index contributed by atoms with van der Waals surface area (Å²) in [4.78, 5) is 0. The fourth-order valence-electron chi connectivity index (χ4n) is 1.43. The molecule has 0 rings (SSSR count). The quantitative estimate of drug-likeness (QED) is 0.418. The summed E-state index contributed by atoms with van der Waals surface area (Å²) in [6, 6.07) is 0. The summed E-state index contributed by atoms with van der Waals surface area (Å²) < 4.78 is 5.54. The van der Waals surface area contributed by atoms with E-state index in [0.717, 1.165) is 16.6 Å². The number of unbranched alkanes of at least 4 members (excludes halogenated alkanes) is 3. The first-order valence-electron chi connectivity index (χ1n) is 5.37. The van der Waals surface area contributed by atoms with E-state index in [1.807, 2.05) is 0 Å². The van der Waals surface area contributed by atoms with Crippen LogP contribution in [0.15, 0.2) is 0 Å². The summed E-state index contributed by atoms with van der Waals surface area (Å²) in [6.07, 6.45) is 9.83. The van der Waals surface area contributed by atoms with Crippen LogP contribution in [-0.4, -0.2) is 22.7 Å². The molecule has 0 amide bonds. The van der Waals surface area contributed by atoms with Crippen molar-refractivity contribution < 1.29 is 3.79 Å². The number of rotatable bonds is 8. The maximum Gasteiger partial charge on any atom is 0.410 e. The van der Waals surface area contributed by atoms with E-state index < -0.39 is 0 Å². The van der Waals surface area contributed by atoms with Crippen LogP contribution in [0.2, 0.25) is 0 Å². The summed E-state index contributed by atoms with van der Waals surface area (Å²) in [7, 11) is 0. The van der Waals surface area contributed by atoms with Crippen molar-refractivity contribution in [3.63, 3.8) is 0 Å². The van der Waals surface area contributed by atoms with Crippen molar-refractivity contribution in [3.8, 4) is 0 Å². The molecule has 0 aromatic carbocycles. The first-order valence-corrected chi connectivity index (χ1v) is 6.19. The number of hydrogen-bond donors (Lipinski definition) is 0. The Balaban J connectivity index is 3.26. The molecule has 0 aliphatic rings. The van der Waals surface area contributed by atoms with Crippen LogP contribution in [0.1, 0.15) is 58.8 Å². The van der Waals surface area contributed by atoms with Gasteiger partial charge in [0.05, 0.1) is 0 Å². The van der Waals surface area contributed by atoms with Crippen molar-refractivity contribution in [1.82, 2.24) is 0 Å². The predicted molar refractivity (Wildman–Crippen MR) is 57.1 cm³/mol. The minimum atomic E-state index is 0.586. The van der Waals surface area contributed by atoms with Gasteiger partial charge in [-0.2, -0.15) is 0 Å². The molecule has 0 aromatic heterocycles. The topological polar surface area (TPSA) is 9.23 Å². The number of hydrogen-bond acceptors (Lipinski definition) is 1. The van der Waals surface area contributed by atoms with Gasteiger partial charge in [-0.1, -0.05) is 46.0 Å². The molecule has 0 fully saturated rings. The van der Waals surface area contributed by atoms with Gasteiger partial charge >= 0.3 is 16.6 Å². The van der Waals surface area contributed by atoms with Gasteiger partial charge < -0.3 is 3.79 Å². The SMILES string of the molecule is CCCCCC(CCCC)[O][AlH2]. The molecule has 0 aliphatic carbocycles. The van der Waals surface area contributed by atoms with E-state index in [9.17, 15) is 0 Å². The molecule has 0 spiro atoms. The van der Waals surface area contributed by atoms with Crippen LogP contribution in [0, 0.1) is 0 Å². The maximum atomic E-state index is 5.54. The van der Waals surface area contributed by atoms with E-state index in [0.29, 0.717) is 6.10 Å². The van der Waals surface area contributed by atoms with E-state index in [-0.39, 0.29) is 0 Å². The Morgan fingerprint density at radius 3 is 2.08 bits per heavy atom. The highest BCUT2D eigenvalue weighted by molar-refractivity contribution is 5.98. The zero-order valence-corrected chi connectivity index (χ0v) is 10.9. The van der Waals surface area contributed by atoms with E-state index >= 15 is 0 Å². The average Bonchev–Trinajstić information content (AvgIpc) is 2.11. The van der Waals surface area contributed by atoms with Crippen LogP contribution < -0.4 is 0 Å². The summed E-state index contributed by atoms with van der Waals surface area (Å²) in [5.74, 6) is 0. The molecule has 0 saturated carbocycles. The van der Waals surface area contributed by atoms with Crippen molar-refractivity contribution in [3.05, 3.63) is 0 Å². The zero-order chi connectivity index (χ0) is 9.23. The summed E-state index contributed by atoms with van der Waals surface area (Å²) >= 11 is 0.907. The lowest BCUT2D eigenvalue weighted by atomic mass is 10.1. The van der Waals surface area contributed by atoms with Gasteiger partial charge in [0.1, 0.15) is 0 Å². The smallest absolute Gasteiger partial charge is 0.410 e. The highest BCUT2D eigenvalue weighted by Gasteiger charge is 2.03. The van der Waals surface area contributed by atoms with Crippen LogP contribution in [-0.2, 0) is 3.79 Å². The van der Waals surface area contributed by atoms with Crippen molar-refractivity contribution >= 4 is 16.6 Å². The second-order valence-corrected chi connectivity index (χ2v) is 3.97. The molecule has 0 bridgehead atoms. The molecule has 0 aromatic rings. The standard InChI is InChI=1S/C10H21O.Al.2H/c1-3-5-7-9-10(11)8-6-4-2;;;/h10H,3-9H2,1-2H3;;;/q-1;+1;;. The van der Waals surface area contributed by atoms with Crippen LogP contribution in [0.4, 0.5) is 0 Å². The van der Waals surface area contributed by atoms with E-state index in [2.05, 4.69) is 13.8 Å². The third kappa shape index (κ3) is 7.16. The minimum absolute atomic E-state index is 0.586. The van der Waals surface area contributed by atoms with E-state index in [1.165, 1.54) is 44.9 Å². The maximum absolute atomic E-state index is 5.54. The average molecular weight is 186 g/mol. The Morgan fingerprint density at radius 1 is 1.00 bits per heavy atom. The van der Waals surface area contributed by atoms with Crippen LogP contribution in [0.25, 0.3) is 0 Å². The van der Waals surface area contributed by atoms with Gasteiger partial charge in [0, 0.05) is 6.10 Å². The molecule has 0 radical (unpaired) electrons. The molecular formula is C10H23AlO. The molecule has 0 saturated heterocycles. The molecule has 1 atom stereocenters.